The third kappa shape index (κ3) is 9.10. The van der Waals surface area contributed by atoms with Gasteiger partial charge in [0, 0.05) is 112 Å². The first kappa shape index (κ1) is 39.8. The number of fused-ring (bicyclic) bond motifs is 1. The normalized spacial score (nSPS) is 19.5. The van der Waals surface area contributed by atoms with Gasteiger partial charge in [0.15, 0.2) is 0 Å². The van der Waals surface area contributed by atoms with E-state index < -0.39 is 36.0 Å². The number of ether oxygens (including phenoxy) is 1. The van der Waals surface area contributed by atoms with E-state index in [0.717, 1.165) is 6.07 Å². The topological polar surface area (TPSA) is 129 Å². The van der Waals surface area contributed by atoms with E-state index in [1.807, 2.05) is 4.90 Å². The van der Waals surface area contributed by atoms with Crippen LogP contribution in [-0.4, -0.2) is 90.0 Å². The molecule has 0 saturated carbocycles. The summed E-state index contributed by atoms with van der Waals surface area (Å²) in [5, 5.41) is 4.99. The zero-order valence-corrected chi connectivity index (χ0v) is 31.0. The first-order valence-electron chi connectivity index (χ1n) is 18.7. The van der Waals surface area contributed by atoms with Crippen molar-refractivity contribution < 1.29 is 45.5 Å². The Morgan fingerprint density at radius 3 is 2.37 bits per heavy atom. The molecule has 4 aliphatic rings. The number of nitrogens with zero attached hydrogens (tertiary/aromatic N) is 5. The summed E-state index contributed by atoms with van der Waals surface area (Å²) in [6.07, 6.45) is -4.98. The molecule has 1 unspecified atom stereocenters. The third-order valence-corrected chi connectivity index (χ3v) is 11.0. The number of imide groups is 1. The molecule has 304 valence electrons. The van der Waals surface area contributed by atoms with Crippen LogP contribution in [0, 0.1) is 5.92 Å². The number of amides is 3. The molecule has 0 radical (unpaired) electrons. The lowest BCUT2D eigenvalue weighted by molar-refractivity contribution is -0.275. The first-order valence-corrected chi connectivity index (χ1v) is 18.7. The van der Waals surface area contributed by atoms with Gasteiger partial charge in [-0.15, -0.1) is 13.2 Å². The van der Waals surface area contributed by atoms with E-state index in [4.69, 9.17) is 0 Å². The Kier molecular flexibility index (Phi) is 11.1. The first-order chi connectivity index (χ1) is 27.0. The summed E-state index contributed by atoms with van der Waals surface area (Å²) < 4.78 is 89.2. The highest BCUT2D eigenvalue weighted by atomic mass is 19.4. The Morgan fingerprint density at radius 2 is 1.68 bits per heavy atom. The highest BCUT2D eigenvalue weighted by molar-refractivity contribution is 6.01. The van der Waals surface area contributed by atoms with Gasteiger partial charge in [-0.1, -0.05) is 12.1 Å². The Hall–Kier alpha value is -5.39. The zero-order valence-electron chi connectivity index (χ0n) is 31.0. The summed E-state index contributed by atoms with van der Waals surface area (Å²) >= 11 is 0. The number of anilines is 2. The quantitative estimate of drug-likeness (QED) is 0.227. The smallest absolute Gasteiger partial charge is 0.405 e. The number of hydrogen-bond acceptors (Lipinski definition) is 9. The molecule has 5 heterocycles. The van der Waals surface area contributed by atoms with Gasteiger partial charge in [-0.3, -0.25) is 34.4 Å². The molecule has 2 N–H and O–H groups in total. The van der Waals surface area contributed by atoms with E-state index in [0.29, 0.717) is 79.9 Å². The summed E-state index contributed by atoms with van der Waals surface area (Å²) in [5.41, 5.74) is 1.42. The third-order valence-electron chi connectivity index (χ3n) is 11.0. The lowest BCUT2D eigenvalue weighted by atomic mass is 9.92. The number of pyridine rings is 1. The monoisotopic (exact) mass is 801 g/mol. The van der Waals surface area contributed by atoms with Gasteiger partial charge >= 0.3 is 12.5 Å². The van der Waals surface area contributed by atoms with E-state index in [2.05, 4.69) is 20.4 Å². The summed E-state index contributed by atoms with van der Waals surface area (Å²) in [7, 11) is 1.57. The molecule has 1 atom stereocenters. The van der Waals surface area contributed by atoms with Crippen LogP contribution in [0.2, 0.25) is 0 Å². The van der Waals surface area contributed by atoms with Gasteiger partial charge in [-0.25, -0.2) is 0 Å². The van der Waals surface area contributed by atoms with Crippen molar-refractivity contribution in [1.82, 2.24) is 19.7 Å². The van der Waals surface area contributed by atoms with Gasteiger partial charge in [0.2, 0.25) is 17.7 Å². The van der Waals surface area contributed by atoms with Gasteiger partial charge in [0.05, 0.1) is 12.1 Å². The van der Waals surface area contributed by atoms with Crippen molar-refractivity contribution in [2.75, 3.05) is 49.5 Å². The number of carbonyl (C=O) groups is 3. The average Bonchev–Trinajstić information content (AvgIpc) is 3.65. The van der Waals surface area contributed by atoms with Crippen molar-refractivity contribution in [2.45, 2.75) is 63.8 Å². The molecule has 0 spiro atoms. The Labute approximate surface area is 323 Å². The van der Waals surface area contributed by atoms with Crippen LogP contribution in [-0.2, 0) is 40.7 Å². The van der Waals surface area contributed by atoms with Crippen LogP contribution in [0.15, 0.2) is 52.4 Å². The number of halogens is 6. The highest BCUT2D eigenvalue weighted by Crippen LogP contribution is 2.40. The average molecular weight is 802 g/mol. The molecule has 0 bridgehead atoms. The lowest BCUT2D eigenvalue weighted by Crippen LogP contribution is -2.49. The summed E-state index contributed by atoms with van der Waals surface area (Å²) in [6.45, 7) is 2.53. The molecule has 1 aromatic heterocycles. The van der Waals surface area contributed by atoms with Crippen molar-refractivity contribution in [3.63, 3.8) is 0 Å². The van der Waals surface area contributed by atoms with Crippen molar-refractivity contribution >= 4 is 35.3 Å². The second-order valence-electron chi connectivity index (χ2n) is 14.9. The van der Waals surface area contributed by atoms with Crippen LogP contribution >= 0.6 is 0 Å². The number of carbonyl (C=O) groups excluding carboxylic acids is 3. The van der Waals surface area contributed by atoms with E-state index in [1.54, 1.807) is 41.4 Å². The fraction of sp³-hybridized carbons (Fsp3) is 0.462. The number of piperidine rings is 2. The maximum absolute atomic E-state index is 14.2. The van der Waals surface area contributed by atoms with Gasteiger partial charge in [-0.2, -0.15) is 13.2 Å². The van der Waals surface area contributed by atoms with E-state index in [-0.39, 0.29) is 66.9 Å². The van der Waals surface area contributed by atoms with Crippen molar-refractivity contribution in [3.05, 3.63) is 75.2 Å². The molecule has 7 rings (SSSR count). The fourth-order valence-electron chi connectivity index (χ4n) is 7.95. The van der Waals surface area contributed by atoms with E-state index in [1.165, 1.54) is 22.8 Å². The van der Waals surface area contributed by atoms with Crippen molar-refractivity contribution in [1.29, 1.82) is 0 Å². The Bertz CT molecular complexity index is 2140. The molecular formula is C39H41F6N7O5. The number of aryl methyl sites for hydroxylation is 1. The zero-order chi connectivity index (χ0) is 40.6. The summed E-state index contributed by atoms with van der Waals surface area (Å²) in [5.74, 6) is -1.48. The second kappa shape index (κ2) is 15.9. The molecule has 3 amide bonds. The second-order valence-corrected chi connectivity index (χ2v) is 14.9. The Balaban J connectivity index is 0.933. The van der Waals surface area contributed by atoms with Crippen LogP contribution in [0.5, 0.6) is 5.75 Å². The largest absolute Gasteiger partial charge is 0.573 e. The number of benzene rings is 2. The van der Waals surface area contributed by atoms with Crippen LogP contribution in [0.3, 0.4) is 0 Å². The standard InChI is InChI=1S/C39H41F6N7O5/c1-49-22-29(27-19-46-20-28(27)37(49)56)24-2-3-25(33(17-24)57-39(43,44)45)21-50-12-14-52(15-13-50)35(54)16-23-8-10-51(11-9-23)32-6-4-26(18-30(32)38(40,41)42)47-31-5-7-34(53)48-36(31)55/h2-4,6,17-19,22-23,31,47H,5,7-16,20-21H2,1H3,(H,48,53,55). The fourth-order valence-corrected chi connectivity index (χ4v) is 7.95. The van der Waals surface area contributed by atoms with Crippen LogP contribution < -0.4 is 25.8 Å². The molecule has 2 aromatic carbocycles. The SMILES string of the molecule is Cn1cc(-c2ccc(CN3CCN(C(=O)CC4CCN(c5ccc(NC6CCC(=O)NC6=O)cc5C(F)(F)F)CC4)CC3)c(OC(F)(F)F)c2)c2c(c1=O)CN=C2. The molecular weight excluding hydrogens is 760 g/mol. The molecule has 12 nitrogen and oxygen atoms in total. The van der Waals surface area contributed by atoms with E-state index in [9.17, 15) is 45.5 Å². The molecule has 0 aliphatic carbocycles. The van der Waals surface area contributed by atoms with E-state index >= 15 is 0 Å². The van der Waals surface area contributed by atoms with Gasteiger partial charge < -0.3 is 24.4 Å². The van der Waals surface area contributed by atoms with Gasteiger partial charge in [0.1, 0.15) is 11.8 Å². The minimum atomic E-state index is -4.94. The number of nitrogens with one attached hydrogen (secondary N) is 2. The maximum Gasteiger partial charge on any atom is 0.573 e. The molecule has 3 saturated heterocycles. The summed E-state index contributed by atoms with van der Waals surface area (Å²) in [4.78, 5) is 58.9. The predicted octanol–water partition coefficient (Wildman–Crippen LogP) is 5.07. The minimum absolute atomic E-state index is 0.0145. The van der Waals surface area contributed by atoms with Gasteiger partial charge in [0.25, 0.3) is 5.56 Å². The van der Waals surface area contributed by atoms with Crippen LogP contribution in [0.1, 0.15) is 54.4 Å². The van der Waals surface area contributed by atoms with Crippen LogP contribution in [0.4, 0.5) is 37.7 Å². The number of piperazine rings is 1. The highest BCUT2D eigenvalue weighted by Gasteiger charge is 2.38. The molecule has 4 aliphatic heterocycles. The Morgan fingerprint density at radius 1 is 0.947 bits per heavy atom. The van der Waals surface area contributed by atoms with Gasteiger partial charge in [-0.05, 0) is 55.0 Å². The molecule has 3 aromatic rings. The number of rotatable bonds is 9. The molecule has 18 heteroatoms. The molecule has 3 fully saturated rings. The summed E-state index contributed by atoms with van der Waals surface area (Å²) in [6, 6.07) is 7.60. The number of aliphatic imine (C=N–C) groups is 1. The predicted molar refractivity (Wildman–Crippen MR) is 198 cm³/mol. The lowest BCUT2D eigenvalue weighted by Gasteiger charge is -2.38. The minimum Gasteiger partial charge on any atom is -0.405 e. The number of aromatic nitrogens is 1. The van der Waals surface area contributed by atoms with Crippen molar-refractivity contribution in [3.8, 4) is 16.9 Å². The maximum atomic E-state index is 14.2. The number of hydrogen-bond donors (Lipinski definition) is 2. The van der Waals surface area contributed by atoms with Crippen LogP contribution in [0.25, 0.3) is 11.1 Å². The van der Waals surface area contributed by atoms with Crippen molar-refractivity contribution in [2.24, 2.45) is 18.0 Å². The number of alkyl halides is 6. The molecule has 57 heavy (non-hydrogen) atoms.